The molecule has 0 saturated heterocycles. The van der Waals surface area contributed by atoms with Crippen LogP contribution in [0.3, 0.4) is 0 Å². The molecule has 1 saturated carbocycles. The summed E-state index contributed by atoms with van der Waals surface area (Å²) in [6.45, 7) is 11.6. The van der Waals surface area contributed by atoms with E-state index in [-0.39, 0.29) is 43.3 Å². The molecule has 11 rings (SSSR count). The van der Waals surface area contributed by atoms with Crippen molar-refractivity contribution in [3.8, 4) is 45.0 Å². The maximum atomic E-state index is 12.7. The van der Waals surface area contributed by atoms with E-state index in [9.17, 15) is 5.76 Å². The maximum absolute atomic E-state index is 12.7. The zero-order valence-corrected chi connectivity index (χ0v) is 41.1. The first kappa shape index (κ1) is 41.0. The van der Waals surface area contributed by atoms with E-state index >= 15 is 0 Å². The molecule has 6 heteroatoms. The van der Waals surface area contributed by atoms with Gasteiger partial charge in [-0.25, -0.2) is 0 Å². The van der Waals surface area contributed by atoms with Gasteiger partial charge in [0.25, 0.3) is 0 Å². The Bertz CT molecular complexity index is 3500. The molecule has 339 valence electrons. The van der Waals surface area contributed by atoms with Crippen LogP contribution in [0.4, 0.5) is 4.39 Å². The van der Waals surface area contributed by atoms with Crippen LogP contribution >= 0.6 is 0 Å². The van der Waals surface area contributed by atoms with Crippen molar-refractivity contribution in [3.05, 3.63) is 180 Å². The molecule has 3 heterocycles. The molecular formula is C61H55FIrN2O2-2. The van der Waals surface area contributed by atoms with Crippen molar-refractivity contribution in [2.75, 3.05) is 0 Å². The molecule has 0 unspecified atom stereocenters. The van der Waals surface area contributed by atoms with E-state index in [1.165, 1.54) is 52.2 Å². The number of oxazole rings is 1. The largest absolute Gasteiger partial charge is 0.500 e. The second-order valence-corrected chi connectivity index (χ2v) is 19.1. The van der Waals surface area contributed by atoms with Gasteiger partial charge in [0.05, 0.1) is 11.1 Å². The summed E-state index contributed by atoms with van der Waals surface area (Å²) >= 11 is 0. The van der Waals surface area contributed by atoms with Crippen LogP contribution in [0.2, 0.25) is 0 Å². The molecule has 0 bridgehead atoms. The van der Waals surface area contributed by atoms with E-state index in [1.807, 2.05) is 12.1 Å². The average molecular weight is 1060 g/mol. The van der Waals surface area contributed by atoms with Crippen LogP contribution in [0.25, 0.3) is 88.8 Å². The monoisotopic (exact) mass is 1060 g/mol. The van der Waals surface area contributed by atoms with Crippen LogP contribution in [-0.2, 0) is 20.1 Å². The fourth-order valence-electron chi connectivity index (χ4n) is 9.49. The standard InChI is InChI=1S/C49H46NO2.C12H9FN.Ir/c1-29(2)41-27-35(32-19-17-31(18-20-32)33-23-25-49(5,6)26-24-33)28-42(30(3)4)44(41)39-14-10-16-43-47(39)52-48(50-43)40-15-9-13-37-38-22-21-34-11-7-8-12-36(34)45(38)51-46(37)40;1-9-2-7-12(14-8-9)10-3-5-11(13)6-4-10;/h7-14,16-22,27-30,33H,23-26H2,1-6H3;2-3,5-8H,1H3;/q2*-1;/i33D;1D3;. The second-order valence-electron chi connectivity index (χ2n) is 19.1. The smallest absolute Gasteiger partial charge is 0.149 e. The second kappa shape index (κ2) is 18.8. The summed E-state index contributed by atoms with van der Waals surface area (Å²) in [6, 6.07) is 49.8. The normalized spacial score (nSPS) is 15.5. The first-order valence-electron chi connectivity index (χ1n) is 25.0. The molecule has 0 spiro atoms. The Morgan fingerprint density at radius 1 is 0.731 bits per heavy atom. The Morgan fingerprint density at radius 3 is 2.16 bits per heavy atom. The molecule has 1 aliphatic rings. The third kappa shape index (κ3) is 9.15. The average Bonchev–Trinajstić information content (AvgIpc) is 3.98. The number of nitrogens with zero attached hydrogens (tertiary/aromatic N) is 2. The minimum atomic E-state index is -2.15. The van der Waals surface area contributed by atoms with Gasteiger partial charge in [-0.05, 0) is 117 Å². The van der Waals surface area contributed by atoms with Crippen molar-refractivity contribution in [3.63, 3.8) is 0 Å². The number of aromatic nitrogens is 2. The molecule has 0 amide bonds. The van der Waals surface area contributed by atoms with E-state index in [0.29, 0.717) is 22.6 Å². The van der Waals surface area contributed by atoms with Crippen molar-refractivity contribution >= 4 is 43.8 Å². The van der Waals surface area contributed by atoms with Crippen molar-refractivity contribution in [1.82, 2.24) is 9.97 Å². The van der Waals surface area contributed by atoms with Crippen molar-refractivity contribution in [2.45, 2.75) is 91.8 Å². The van der Waals surface area contributed by atoms with Crippen LogP contribution < -0.4 is 0 Å². The molecule has 1 fully saturated rings. The molecule has 7 aromatic carbocycles. The number of furan rings is 1. The molecule has 1 radical (unpaired) electrons. The first-order valence-corrected chi connectivity index (χ1v) is 23.0. The molecular weight excluding hydrogens is 1000 g/mol. The molecule has 4 nitrogen and oxygen atoms in total. The van der Waals surface area contributed by atoms with Crippen LogP contribution in [0.5, 0.6) is 0 Å². The Balaban J connectivity index is 0.000000294. The topological polar surface area (TPSA) is 52.1 Å². The molecule has 3 aromatic heterocycles. The summed E-state index contributed by atoms with van der Waals surface area (Å²) in [5.41, 5.74) is 14.0. The summed E-state index contributed by atoms with van der Waals surface area (Å²) in [5, 5.41) is 4.32. The third-order valence-corrected chi connectivity index (χ3v) is 13.3. The van der Waals surface area contributed by atoms with Gasteiger partial charge in [-0.3, -0.25) is 9.37 Å². The minimum Gasteiger partial charge on any atom is -0.500 e. The molecule has 67 heavy (non-hydrogen) atoms. The van der Waals surface area contributed by atoms with Gasteiger partial charge in [-0.15, -0.1) is 48.0 Å². The summed E-state index contributed by atoms with van der Waals surface area (Å²) in [5.74, 6) is 0.181. The molecule has 10 aromatic rings. The van der Waals surface area contributed by atoms with Crippen molar-refractivity contribution < 1.29 is 38.8 Å². The SMILES string of the molecule is [2H]C([2H])([2H])c1ccc(-c2[c-]cc(F)cc2)nc1.[2H]C1(c2ccc(-c3cc(C(C)C)c(-c4cccc5nc(-c6[c-]ccc7c6oc6c8ccccc8ccc76)oc45)c(C(C)C)c3)cc2)CCC(C)(C)CC1.[Ir]. The van der Waals surface area contributed by atoms with Crippen LogP contribution in [-0.4, -0.2) is 9.97 Å². The van der Waals surface area contributed by atoms with Crippen LogP contribution in [0, 0.1) is 30.2 Å². The fourth-order valence-corrected chi connectivity index (χ4v) is 9.49. The summed E-state index contributed by atoms with van der Waals surface area (Å²) in [7, 11) is 0. The number of halogens is 1. The van der Waals surface area contributed by atoms with Gasteiger partial charge in [-0.2, -0.15) is 0 Å². The number of rotatable bonds is 7. The quantitative estimate of drug-likeness (QED) is 0.149. The van der Waals surface area contributed by atoms with Crippen molar-refractivity contribution in [1.29, 1.82) is 0 Å². The van der Waals surface area contributed by atoms with E-state index < -0.39 is 12.7 Å². The first-order chi connectivity index (χ1) is 33.5. The van der Waals surface area contributed by atoms with E-state index in [4.69, 9.17) is 17.9 Å². The van der Waals surface area contributed by atoms with Gasteiger partial charge in [-0.1, -0.05) is 144 Å². The number of fused-ring (bicyclic) bond motifs is 6. The van der Waals surface area contributed by atoms with Gasteiger partial charge >= 0.3 is 0 Å². The number of hydrogen-bond acceptors (Lipinski definition) is 4. The van der Waals surface area contributed by atoms with Gasteiger partial charge in [0.1, 0.15) is 17.1 Å². The van der Waals surface area contributed by atoms with Gasteiger partial charge in [0.15, 0.2) is 0 Å². The molecule has 1 aliphatic carbocycles. The number of pyridine rings is 1. The Labute approximate surface area is 412 Å². The van der Waals surface area contributed by atoms with Gasteiger partial charge in [0.2, 0.25) is 0 Å². The number of benzene rings is 7. The molecule has 0 atom stereocenters. The van der Waals surface area contributed by atoms with E-state index in [2.05, 4.69) is 150 Å². The zero-order chi connectivity index (χ0) is 49.1. The zero-order valence-electron chi connectivity index (χ0n) is 42.7. The Morgan fingerprint density at radius 2 is 1.48 bits per heavy atom. The number of hydrogen-bond donors (Lipinski definition) is 0. The van der Waals surface area contributed by atoms with E-state index in [1.54, 1.807) is 12.1 Å². The van der Waals surface area contributed by atoms with Crippen molar-refractivity contribution in [2.24, 2.45) is 5.41 Å². The number of aryl methyl sites for hydroxylation is 1. The third-order valence-electron chi connectivity index (χ3n) is 13.3. The summed E-state index contributed by atoms with van der Waals surface area (Å²) in [6.07, 6.45) is 5.33. The Kier molecular flexibility index (Phi) is 11.5. The molecule has 0 aliphatic heterocycles. The van der Waals surface area contributed by atoms with Crippen LogP contribution in [0.1, 0.15) is 113 Å². The molecule has 0 N–H and O–H groups in total. The fraction of sp³-hybridized carbons (Fsp3) is 0.246. The van der Waals surface area contributed by atoms with E-state index in [0.717, 1.165) is 86.2 Å². The van der Waals surface area contributed by atoms with Crippen LogP contribution in [0.15, 0.2) is 148 Å². The maximum Gasteiger partial charge on any atom is 0.149 e. The number of para-hydroxylation sites is 1. The summed E-state index contributed by atoms with van der Waals surface area (Å²) in [4.78, 5) is 9.08. The van der Waals surface area contributed by atoms with Gasteiger partial charge < -0.3 is 13.8 Å². The van der Waals surface area contributed by atoms with Gasteiger partial charge in [0, 0.05) is 53.9 Å². The Hall–Kier alpha value is -6.20. The predicted octanol–water partition coefficient (Wildman–Crippen LogP) is 17.6. The minimum absolute atomic E-state index is 0. The summed E-state index contributed by atoms with van der Waals surface area (Å²) < 4.78 is 57.1. The predicted molar refractivity (Wildman–Crippen MR) is 270 cm³/mol.